The number of nitrogens with zero attached hydrogens (tertiary/aromatic N) is 2. The SMILES string of the molecule is O=C(NCCc1cnn(-c2ccccc2)c1)c1cc2c(s1)-c1ccccc1OC2. The number of carbonyl (C=O) groups excluding carboxylic acids is 1. The molecule has 0 aliphatic carbocycles. The number of benzene rings is 2. The van der Waals surface area contributed by atoms with Gasteiger partial charge in [0, 0.05) is 28.7 Å². The van der Waals surface area contributed by atoms with Gasteiger partial charge in [0.2, 0.25) is 0 Å². The lowest BCUT2D eigenvalue weighted by Crippen LogP contribution is -2.24. The molecule has 4 aromatic rings. The summed E-state index contributed by atoms with van der Waals surface area (Å²) in [6.45, 7) is 1.07. The summed E-state index contributed by atoms with van der Waals surface area (Å²) in [7, 11) is 0. The van der Waals surface area contributed by atoms with Crippen LogP contribution in [0.15, 0.2) is 73.1 Å². The van der Waals surface area contributed by atoms with E-state index >= 15 is 0 Å². The average Bonchev–Trinajstić information content (AvgIpc) is 3.42. The third-order valence-electron chi connectivity index (χ3n) is 4.90. The van der Waals surface area contributed by atoms with Gasteiger partial charge < -0.3 is 10.1 Å². The monoisotopic (exact) mass is 401 g/mol. The first-order valence-corrected chi connectivity index (χ1v) is 10.3. The molecule has 1 aliphatic heterocycles. The van der Waals surface area contributed by atoms with Crippen LogP contribution in [0.3, 0.4) is 0 Å². The van der Waals surface area contributed by atoms with Gasteiger partial charge in [0.1, 0.15) is 12.4 Å². The number of para-hydroxylation sites is 2. The highest BCUT2D eigenvalue weighted by Crippen LogP contribution is 2.42. The molecule has 5 rings (SSSR count). The van der Waals surface area contributed by atoms with Crippen LogP contribution in [0, 0.1) is 0 Å². The first kappa shape index (κ1) is 17.7. The van der Waals surface area contributed by atoms with Crippen LogP contribution in [0.5, 0.6) is 5.75 Å². The van der Waals surface area contributed by atoms with Crippen molar-refractivity contribution in [1.29, 1.82) is 0 Å². The molecule has 1 aliphatic rings. The van der Waals surface area contributed by atoms with Crippen molar-refractivity contribution in [3.05, 3.63) is 89.1 Å². The minimum atomic E-state index is -0.0441. The molecule has 0 unspecified atom stereocenters. The van der Waals surface area contributed by atoms with Crippen LogP contribution in [0.4, 0.5) is 0 Å². The largest absolute Gasteiger partial charge is 0.488 e. The van der Waals surface area contributed by atoms with E-state index in [4.69, 9.17) is 4.74 Å². The van der Waals surface area contributed by atoms with Crippen molar-refractivity contribution in [3.8, 4) is 21.9 Å². The minimum Gasteiger partial charge on any atom is -0.488 e. The summed E-state index contributed by atoms with van der Waals surface area (Å²) in [5.74, 6) is 0.835. The van der Waals surface area contributed by atoms with E-state index in [0.717, 1.165) is 44.3 Å². The average molecular weight is 401 g/mol. The summed E-state index contributed by atoms with van der Waals surface area (Å²) in [6.07, 6.45) is 4.58. The van der Waals surface area contributed by atoms with Gasteiger partial charge in [-0.15, -0.1) is 11.3 Å². The molecule has 1 N–H and O–H groups in total. The molecule has 2 aromatic carbocycles. The van der Waals surface area contributed by atoms with E-state index in [1.807, 2.05) is 77.7 Å². The zero-order valence-corrected chi connectivity index (χ0v) is 16.5. The van der Waals surface area contributed by atoms with E-state index in [9.17, 15) is 4.79 Å². The second kappa shape index (κ2) is 7.56. The number of rotatable bonds is 5. The summed E-state index contributed by atoms with van der Waals surface area (Å²) in [5, 5.41) is 7.42. The van der Waals surface area contributed by atoms with Gasteiger partial charge in [-0.05, 0) is 42.3 Å². The van der Waals surface area contributed by atoms with Gasteiger partial charge in [-0.3, -0.25) is 4.79 Å². The van der Waals surface area contributed by atoms with Crippen molar-refractivity contribution in [3.63, 3.8) is 0 Å². The van der Waals surface area contributed by atoms with E-state index in [1.165, 1.54) is 11.3 Å². The van der Waals surface area contributed by atoms with Crippen molar-refractivity contribution in [2.45, 2.75) is 13.0 Å². The van der Waals surface area contributed by atoms with E-state index in [0.29, 0.717) is 13.2 Å². The lowest BCUT2D eigenvalue weighted by atomic mass is 10.1. The van der Waals surface area contributed by atoms with E-state index in [1.54, 1.807) is 0 Å². The molecule has 0 fully saturated rings. The molecular formula is C23H19N3O2S. The number of nitrogens with one attached hydrogen (secondary N) is 1. The number of amides is 1. The van der Waals surface area contributed by atoms with Crippen molar-refractivity contribution in [1.82, 2.24) is 15.1 Å². The second-order valence-electron chi connectivity index (χ2n) is 6.88. The van der Waals surface area contributed by atoms with E-state index in [-0.39, 0.29) is 5.91 Å². The van der Waals surface area contributed by atoms with Crippen LogP contribution in [0.1, 0.15) is 20.8 Å². The fourth-order valence-corrected chi connectivity index (χ4v) is 4.54. The molecule has 6 heteroatoms. The van der Waals surface area contributed by atoms with Crippen LogP contribution in [0.2, 0.25) is 0 Å². The maximum Gasteiger partial charge on any atom is 0.261 e. The summed E-state index contributed by atoms with van der Waals surface area (Å²) in [4.78, 5) is 14.5. The first-order valence-electron chi connectivity index (χ1n) is 9.50. The number of carbonyl (C=O) groups is 1. The number of fused-ring (bicyclic) bond motifs is 3. The molecule has 144 valence electrons. The van der Waals surface area contributed by atoms with Gasteiger partial charge in [-0.1, -0.05) is 30.3 Å². The van der Waals surface area contributed by atoms with Crippen molar-refractivity contribution in [2.24, 2.45) is 0 Å². The lowest BCUT2D eigenvalue weighted by molar-refractivity contribution is 0.0958. The number of hydrogen-bond donors (Lipinski definition) is 1. The first-order chi connectivity index (χ1) is 14.3. The van der Waals surface area contributed by atoms with E-state index in [2.05, 4.69) is 10.4 Å². The zero-order valence-electron chi connectivity index (χ0n) is 15.7. The fraction of sp³-hybridized carbons (Fsp3) is 0.130. The van der Waals surface area contributed by atoms with Gasteiger partial charge in [-0.2, -0.15) is 5.10 Å². The maximum atomic E-state index is 12.6. The highest BCUT2D eigenvalue weighted by Gasteiger charge is 2.22. The Morgan fingerprint density at radius 2 is 1.97 bits per heavy atom. The summed E-state index contributed by atoms with van der Waals surface area (Å²) < 4.78 is 7.64. The van der Waals surface area contributed by atoms with Gasteiger partial charge in [0.05, 0.1) is 16.8 Å². The van der Waals surface area contributed by atoms with Crippen LogP contribution in [-0.2, 0) is 13.0 Å². The Labute approximate surface area is 172 Å². The molecule has 0 saturated heterocycles. The molecule has 1 amide bonds. The van der Waals surface area contributed by atoms with Crippen LogP contribution < -0.4 is 10.1 Å². The Morgan fingerprint density at radius 3 is 2.86 bits per heavy atom. The molecule has 0 saturated carbocycles. The van der Waals surface area contributed by atoms with E-state index < -0.39 is 0 Å². The Morgan fingerprint density at radius 1 is 1.14 bits per heavy atom. The molecule has 2 aromatic heterocycles. The topological polar surface area (TPSA) is 56.2 Å². The van der Waals surface area contributed by atoms with Crippen molar-refractivity contribution >= 4 is 17.2 Å². The predicted molar refractivity (Wildman–Crippen MR) is 114 cm³/mol. The summed E-state index contributed by atoms with van der Waals surface area (Å²) in [6, 6.07) is 19.9. The van der Waals surface area contributed by atoms with Crippen LogP contribution in [-0.4, -0.2) is 22.2 Å². The molecular weight excluding hydrogens is 382 g/mol. The Bertz CT molecular complexity index is 1160. The predicted octanol–water partition coefficient (Wildman–Crippen LogP) is 4.47. The Kier molecular flexibility index (Phi) is 4.62. The third-order valence-corrected chi connectivity index (χ3v) is 6.11. The van der Waals surface area contributed by atoms with Gasteiger partial charge in [0.15, 0.2) is 0 Å². The van der Waals surface area contributed by atoms with Gasteiger partial charge in [0.25, 0.3) is 5.91 Å². The zero-order chi connectivity index (χ0) is 19.6. The molecule has 0 radical (unpaired) electrons. The van der Waals surface area contributed by atoms with Crippen molar-refractivity contribution in [2.75, 3.05) is 6.54 Å². The Hall–Kier alpha value is -3.38. The number of hydrogen-bond acceptors (Lipinski definition) is 4. The lowest BCUT2D eigenvalue weighted by Gasteiger charge is -2.16. The summed E-state index contributed by atoms with van der Waals surface area (Å²) in [5.41, 5.74) is 4.24. The van der Waals surface area contributed by atoms with Gasteiger partial charge in [-0.25, -0.2) is 4.68 Å². The van der Waals surface area contributed by atoms with Crippen LogP contribution in [0.25, 0.3) is 16.1 Å². The minimum absolute atomic E-state index is 0.0441. The fourth-order valence-electron chi connectivity index (χ4n) is 3.43. The van der Waals surface area contributed by atoms with Crippen LogP contribution >= 0.6 is 11.3 Å². The molecule has 29 heavy (non-hydrogen) atoms. The van der Waals surface area contributed by atoms with Crippen molar-refractivity contribution < 1.29 is 9.53 Å². The highest BCUT2D eigenvalue weighted by atomic mass is 32.1. The molecule has 0 atom stereocenters. The maximum absolute atomic E-state index is 12.6. The number of ether oxygens (including phenoxy) is 1. The molecule has 5 nitrogen and oxygen atoms in total. The smallest absolute Gasteiger partial charge is 0.261 e. The second-order valence-corrected chi connectivity index (χ2v) is 7.94. The standard InChI is InChI=1S/C23H19N3O2S/c27-23(21-12-17-15-28-20-9-5-4-8-19(20)22(17)29-21)24-11-10-16-13-25-26(14-16)18-6-2-1-3-7-18/h1-9,12-14H,10-11,15H2,(H,24,27). The number of thiophene rings is 1. The molecule has 0 spiro atoms. The van der Waals surface area contributed by atoms with Gasteiger partial charge >= 0.3 is 0 Å². The summed E-state index contributed by atoms with van der Waals surface area (Å²) >= 11 is 1.53. The highest BCUT2D eigenvalue weighted by molar-refractivity contribution is 7.17. The quantitative estimate of drug-likeness (QED) is 0.537. The molecule has 3 heterocycles. The third kappa shape index (κ3) is 3.54. The Balaban J connectivity index is 1.23. The molecule has 0 bridgehead atoms. The normalized spacial score (nSPS) is 12.0. The number of aromatic nitrogens is 2.